The Hall–Kier alpha value is -1.47. The smallest absolute Gasteiger partial charge is 0.210 e. The van der Waals surface area contributed by atoms with Gasteiger partial charge in [-0.2, -0.15) is 0 Å². The molecule has 102 valence electrons. The third-order valence-electron chi connectivity index (χ3n) is 2.13. The lowest BCUT2D eigenvalue weighted by molar-refractivity contribution is 0.244. The lowest BCUT2D eigenvalue weighted by Crippen LogP contribution is -2.22. The molecule has 0 spiro atoms. The standard InChI is InChI=1S/C11H19N3O3S/c1-8(2)17-10-5-3-4-9(11(10)12)14-6-7-18(13,15)16/h3-5,8,14H,6-7,12H2,1-2H3,(H2,13,15,16). The highest BCUT2D eigenvalue weighted by Crippen LogP contribution is 2.29. The number of anilines is 2. The lowest BCUT2D eigenvalue weighted by atomic mass is 10.2. The summed E-state index contributed by atoms with van der Waals surface area (Å²) in [6, 6.07) is 5.30. The maximum absolute atomic E-state index is 10.8. The van der Waals surface area contributed by atoms with Gasteiger partial charge in [0.25, 0.3) is 0 Å². The fraction of sp³-hybridized carbons (Fsp3) is 0.455. The molecular weight excluding hydrogens is 254 g/mol. The maximum Gasteiger partial charge on any atom is 0.210 e. The number of benzene rings is 1. The van der Waals surface area contributed by atoms with Crippen LogP contribution in [0, 0.1) is 0 Å². The van der Waals surface area contributed by atoms with Gasteiger partial charge in [-0.15, -0.1) is 0 Å². The van der Waals surface area contributed by atoms with Crippen molar-refractivity contribution < 1.29 is 13.2 Å². The normalized spacial score (nSPS) is 11.6. The van der Waals surface area contributed by atoms with Gasteiger partial charge in [-0.1, -0.05) is 6.07 Å². The van der Waals surface area contributed by atoms with Gasteiger partial charge in [0.1, 0.15) is 5.75 Å². The molecule has 0 heterocycles. The topological polar surface area (TPSA) is 107 Å². The van der Waals surface area contributed by atoms with Crippen LogP contribution >= 0.6 is 0 Å². The van der Waals surface area contributed by atoms with Crippen LogP contribution in [-0.4, -0.2) is 26.8 Å². The second-order valence-corrected chi connectivity index (χ2v) is 5.91. The molecule has 7 heteroatoms. The van der Waals surface area contributed by atoms with Crippen LogP contribution in [-0.2, 0) is 10.0 Å². The van der Waals surface area contributed by atoms with Gasteiger partial charge in [0.05, 0.1) is 23.2 Å². The van der Waals surface area contributed by atoms with E-state index in [1.165, 1.54) is 0 Å². The summed E-state index contributed by atoms with van der Waals surface area (Å²) in [6.07, 6.45) is 0.0203. The van der Waals surface area contributed by atoms with Crippen molar-refractivity contribution in [1.82, 2.24) is 0 Å². The molecule has 0 atom stereocenters. The quantitative estimate of drug-likeness (QED) is 0.663. The zero-order chi connectivity index (χ0) is 13.8. The molecule has 0 aliphatic carbocycles. The molecule has 0 saturated heterocycles. The minimum Gasteiger partial charge on any atom is -0.489 e. The Labute approximate surface area is 107 Å². The Morgan fingerprint density at radius 1 is 1.39 bits per heavy atom. The largest absolute Gasteiger partial charge is 0.489 e. The highest BCUT2D eigenvalue weighted by Gasteiger charge is 2.08. The van der Waals surface area contributed by atoms with Crippen LogP contribution in [0.3, 0.4) is 0 Å². The Morgan fingerprint density at radius 3 is 2.61 bits per heavy atom. The SMILES string of the molecule is CC(C)Oc1cccc(NCCS(N)(=O)=O)c1N. The summed E-state index contributed by atoms with van der Waals surface area (Å²) in [5.74, 6) is 0.424. The minimum absolute atomic E-state index is 0.0203. The molecule has 0 radical (unpaired) electrons. The summed E-state index contributed by atoms with van der Waals surface area (Å²) < 4.78 is 27.1. The molecule has 0 fully saturated rings. The molecule has 18 heavy (non-hydrogen) atoms. The van der Waals surface area contributed by atoms with Crippen LogP contribution in [0.15, 0.2) is 18.2 Å². The molecule has 0 bridgehead atoms. The minimum atomic E-state index is -3.47. The van der Waals surface area contributed by atoms with Gasteiger partial charge in [0.2, 0.25) is 10.0 Å². The number of primary sulfonamides is 1. The van der Waals surface area contributed by atoms with Crippen molar-refractivity contribution in [2.24, 2.45) is 5.14 Å². The van der Waals surface area contributed by atoms with E-state index >= 15 is 0 Å². The number of nitrogens with one attached hydrogen (secondary N) is 1. The van der Waals surface area contributed by atoms with Crippen LogP contribution in [0.4, 0.5) is 11.4 Å². The van der Waals surface area contributed by atoms with Gasteiger partial charge in [0.15, 0.2) is 0 Å². The van der Waals surface area contributed by atoms with E-state index in [1.54, 1.807) is 18.2 Å². The molecule has 1 rings (SSSR count). The van der Waals surface area contributed by atoms with Crippen LogP contribution in [0.1, 0.15) is 13.8 Å². The molecule has 0 aliphatic heterocycles. The van der Waals surface area contributed by atoms with E-state index in [4.69, 9.17) is 15.6 Å². The predicted octanol–water partition coefficient (Wildman–Crippen LogP) is 0.756. The van der Waals surface area contributed by atoms with E-state index in [9.17, 15) is 8.42 Å². The highest BCUT2D eigenvalue weighted by atomic mass is 32.2. The number of sulfonamides is 1. The summed E-state index contributed by atoms with van der Waals surface area (Å²) in [5.41, 5.74) is 7.01. The molecule has 1 aromatic rings. The van der Waals surface area contributed by atoms with Crippen molar-refractivity contribution in [3.05, 3.63) is 18.2 Å². The molecular formula is C11H19N3O3S. The average molecular weight is 273 g/mol. The van der Waals surface area contributed by atoms with E-state index in [-0.39, 0.29) is 18.4 Å². The molecule has 0 aromatic heterocycles. The lowest BCUT2D eigenvalue weighted by Gasteiger charge is -2.15. The maximum atomic E-state index is 10.8. The summed E-state index contributed by atoms with van der Waals surface area (Å²) in [7, 11) is -3.47. The van der Waals surface area contributed by atoms with Crippen molar-refractivity contribution in [2.75, 3.05) is 23.3 Å². The molecule has 0 amide bonds. The van der Waals surface area contributed by atoms with Gasteiger partial charge >= 0.3 is 0 Å². The van der Waals surface area contributed by atoms with Crippen molar-refractivity contribution in [3.63, 3.8) is 0 Å². The fourth-order valence-electron chi connectivity index (χ4n) is 1.38. The molecule has 0 saturated carbocycles. The van der Waals surface area contributed by atoms with Gasteiger partial charge in [-0.25, -0.2) is 13.6 Å². The molecule has 0 unspecified atom stereocenters. The summed E-state index contributed by atoms with van der Waals surface area (Å²) in [6.45, 7) is 4.01. The highest BCUT2D eigenvalue weighted by molar-refractivity contribution is 7.89. The van der Waals surface area contributed by atoms with Crippen LogP contribution in [0.2, 0.25) is 0 Å². The number of para-hydroxylation sites is 1. The Balaban J connectivity index is 2.72. The summed E-state index contributed by atoms with van der Waals surface area (Å²) >= 11 is 0. The number of nitrogens with two attached hydrogens (primary N) is 2. The van der Waals surface area contributed by atoms with Crippen molar-refractivity contribution in [3.8, 4) is 5.75 Å². The first-order valence-electron chi connectivity index (χ1n) is 5.59. The number of ether oxygens (including phenoxy) is 1. The first-order chi connectivity index (χ1) is 8.29. The molecule has 0 aliphatic rings. The van der Waals surface area contributed by atoms with Gasteiger partial charge in [-0.05, 0) is 26.0 Å². The molecule has 5 N–H and O–H groups in total. The first-order valence-corrected chi connectivity index (χ1v) is 7.30. The number of nitrogen functional groups attached to an aromatic ring is 1. The third-order valence-corrected chi connectivity index (χ3v) is 2.90. The Morgan fingerprint density at radius 2 is 2.06 bits per heavy atom. The van der Waals surface area contributed by atoms with Crippen LogP contribution in [0.5, 0.6) is 5.75 Å². The van der Waals surface area contributed by atoms with E-state index in [2.05, 4.69) is 5.32 Å². The van der Waals surface area contributed by atoms with Gasteiger partial charge in [-0.3, -0.25) is 0 Å². The molecule has 6 nitrogen and oxygen atoms in total. The monoisotopic (exact) mass is 273 g/mol. The number of hydrogen-bond acceptors (Lipinski definition) is 5. The second kappa shape index (κ2) is 5.92. The number of rotatable bonds is 6. The van der Waals surface area contributed by atoms with E-state index < -0.39 is 10.0 Å². The number of hydrogen-bond donors (Lipinski definition) is 3. The Kier molecular flexibility index (Phi) is 4.80. The van der Waals surface area contributed by atoms with Crippen LogP contribution < -0.4 is 20.9 Å². The average Bonchev–Trinajstić information content (AvgIpc) is 2.21. The Bertz CT molecular complexity index is 500. The van der Waals surface area contributed by atoms with Gasteiger partial charge in [0, 0.05) is 6.54 Å². The predicted molar refractivity (Wildman–Crippen MR) is 73.1 cm³/mol. The zero-order valence-corrected chi connectivity index (χ0v) is 11.3. The second-order valence-electron chi connectivity index (χ2n) is 4.18. The zero-order valence-electron chi connectivity index (χ0n) is 10.5. The fourth-order valence-corrected chi connectivity index (χ4v) is 1.77. The summed E-state index contributed by atoms with van der Waals surface area (Å²) in [5, 5.41) is 7.83. The van der Waals surface area contributed by atoms with Crippen molar-refractivity contribution >= 4 is 21.4 Å². The van der Waals surface area contributed by atoms with E-state index in [0.29, 0.717) is 17.1 Å². The third kappa shape index (κ3) is 4.80. The van der Waals surface area contributed by atoms with Gasteiger partial charge < -0.3 is 15.8 Å². The van der Waals surface area contributed by atoms with Crippen molar-refractivity contribution in [2.45, 2.75) is 20.0 Å². The molecule has 1 aromatic carbocycles. The summed E-state index contributed by atoms with van der Waals surface area (Å²) in [4.78, 5) is 0. The van der Waals surface area contributed by atoms with Crippen molar-refractivity contribution in [1.29, 1.82) is 0 Å². The van der Waals surface area contributed by atoms with E-state index in [1.807, 2.05) is 13.8 Å². The van der Waals surface area contributed by atoms with E-state index in [0.717, 1.165) is 0 Å². The first kappa shape index (κ1) is 14.6. The van der Waals surface area contributed by atoms with Crippen LogP contribution in [0.25, 0.3) is 0 Å².